The Hall–Kier alpha value is -4.06. The third-order valence-corrected chi connectivity index (χ3v) is 5.72. The number of aliphatic hydroxyl groups excluding tert-OH is 1. The molecule has 4 rings (SSSR count). The van der Waals surface area contributed by atoms with E-state index in [4.69, 9.17) is 9.47 Å². The summed E-state index contributed by atoms with van der Waals surface area (Å²) in [5.41, 5.74) is 3.39. The summed E-state index contributed by atoms with van der Waals surface area (Å²) in [6, 6.07) is 18.8. The summed E-state index contributed by atoms with van der Waals surface area (Å²) in [7, 11) is 3.01. The fourth-order valence-corrected chi connectivity index (χ4v) is 4.36. The third-order valence-electron chi connectivity index (χ3n) is 5.72. The molecule has 6 heteroatoms. The van der Waals surface area contributed by atoms with E-state index in [1.807, 2.05) is 44.2 Å². The molecule has 0 aliphatic carbocycles. The molecule has 1 atom stereocenters. The standard InChI is InChI=1S/C27H25NO5/c1-16-13-17(2)15-18(14-16)28-24(19-9-5-7-11-21(19)32-3)23(26(30)27(28)31)25(29)20-10-6-8-12-22(20)33-4/h5-15,24,29H,1-4H3/b25-23+. The largest absolute Gasteiger partial charge is 0.507 e. The molecule has 1 heterocycles. The van der Waals surface area contributed by atoms with Gasteiger partial charge in [0, 0.05) is 11.3 Å². The summed E-state index contributed by atoms with van der Waals surface area (Å²) in [4.78, 5) is 28.2. The molecule has 33 heavy (non-hydrogen) atoms. The van der Waals surface area contributed by atoms with Gasteiger partial charge in [-0.2, -0.15) is 0 Å². The molecule has 1 fully saturated rings. The Kier molecular flexibility index (Phi) is 5.92. The minimum Gasteiger partial charge on any atom is -0.507 e. The van der Waals surface area contributed by atoms with Crippen LogP contribution in [0, 0.1) is 13.8 Å². The van der Waals surface area contributed by atoms with Crippen LogP contribution in [0.3, 0.4) is 0 Å². The summed E-state index contributed by atoms with van der Waals surface area (Å²) in [5, 5.41) is 11.3. The van der Waals surface area contributed by atoms with Gasteiger partial charge in [-0.25, -0.2) is 0 Å². The Labute approximate surface area is 192 Å². The van der Waals surface area contributed by atoms with Crippen molar-refractivity contribution in [2.24, 2.45) is 0 Å². The molecular formula is C27H25NO5. The molecule has 0 spiro atoms. The van der Waals surface area contributed by atoms with Crippen molar-refractivity contribution >= 4 is 23.1 Å². The van der Waals surface area contributed by atoms with E-state index in [0.717, 1.165) is 11.1 Å². The second-order valence-electron chi connectivity index (χ2n) is 7.96. The fraction of sp³-hybridized carbons (Fsp3) is 0.185. The first-order valence-corrected chi connectivity index (χ1v) is 10.5. The van der Waals surface area contributed by atoms with Gasteiger partial charge in [-0.15, -0.1) is 0 Å². The van der Waals surface area contributed by atoms with Crippen LogP contribution in [0.15, 0.2) is 72.3 Å². The molecule has 1 aliphatic heterocycles. The number of hydrogen-bond acceptors (Lipinski definition) is 5. The molecule has 3 aromatic rings. The van der Waals surface area contributed by atoms with Gasteiger partial charge in [-0.1, -0.05) is 36.4 Å². The van der Waals surface area contributed by atoms with Crippen LogP contribution in [-0.2, 0) is 9.59 Å². The number of nitrogens with zero attached hydrogens (tertiary/aromatic N) is 1. The van der Waals surface area contributed by atoms with E-state index in [0.29, 0.717) is 28.3 Å². The number of ketones is 1. The van der Waals surface area contributed by atoms with E-state index in [1.165, 1.54) is 19.1 Å². The Morgan fingerprint density at radius 3 is 2.06 bits per heavy atom. The molecule has 1 aliphatic rings. The van der Waals surface area contributed by atoms with E-state index in [9.17, 15) is 14.7 Å². The lowest BCUT2D eigenvalue weighted by Crippen LogP contribution is -2.29. The fourth-order valence-electron chi connectivity index (χ4n) is 4.36. The summed E-state index contributed by atoms with van der Waals surface area (Å²) < 4.78 is 10.9. The number of hydrogen-bond donors (Lipinski definition) is 1. The van der Waals surface area contributed by atoms with Crippen LogP contribution in [0.5, 0.6) is 11.5 Å². The number of carbonyl (C=O) groups excluding carboxylic acids is 2. The molecule has 6 nitrogen and oxygen atoms in total. The van der Waals surface area contributed by atoms with Crippen LogP contribution in [0.4, 0.5) is 5.69 Å². The van der Waals surface area contributed by atoms with Crippen molar-refractivity contribution in [1.29, 1.82) is 0 Å². The van der Waals surface area contributed by atoms with Crippen molar-refractivity contribution < 1.29 is 24.2 Å². The highest BCUT2D eigenvalue weighted by molar-refractivity contribution is 6.51. The Morgan fingerprint density at radius 2 is 1.42 bits per heavy atom. The van der Waals surface area contributed by atoms with Crippen LogP contribution in [0.2, 0.25) is 0 Å². The van der Waals surface area contributed by atoms with Crippen molar-refractivity contribution in [3.05, 3.63) is 94.6 Å². The van der Waals surface area contributed by atoms with Gasteiger partial charge in [0.25, 0.3) is 11.7 Å². The molecule has 0 saturated carbocycles. The van der Waals surface area contributed by atoms with Crippen LogP contribution in [-0.4, -0.2) is 31.0 Å². The zero-order valence-electron chi connectivity index (χ0n) is 19.0. The zero-order chi connectivity index (χ0) is 23.7. The number of para-hydroxylation sites is 2. The third kappa shape index (κ3) is 3.84. The minimum absolute atomic E-state index is 0.0202. The van der Waals surface area contributed by atoms with E-state index < -0.39 is 17.7 Å². The van der Waals surface area contributed by atoms with Gasteiger partial charge in [0.1, 0.15) is 17.3 Å². The van der Waals surface area contributed by atoms with Gasteiger partial charge in [0.05, 0.1) is 31.4 Å². The quantitative estimate of drug-likeness (QED) is 0.343. The summed E-state index contributed by atoms with van der Waals surface area (Å²) in [6.07, 6.45) is 0. The van der Waals surface area contributed by atoms with Gasteiger partial charge >= 0.3 is 0 Å². The minimum atomic E-state index is -0.882. The maximum atomic E-state index is 13.4. The smallest absolute Gasteiger partial charge is 0.300 e. The average molecular weight is 443 g/mol. The van der Waals surface area contributed by atoms with Crippen LogP contribution in [0.1, 0.15) is 28.3 Å². The predicted octanol–water partition coefficient (Wildman–Crippen LogP) is 4.95. The van der Waals surface area contributed by atoms with Gasteiger partial charge < -0.3 is 14.6 Å². The number of methoxy groups -OCH3 is 2. The summed E-state index contributed by atoms with van der Waals surface area (Å²) in [5.74, 6) is -0.884. The normalized spacial score (nSPS) is 17.3. The maximum absolute atomic E-state index is 13.4. The van der Waals surface area contributed by atoms with E-state index in [-0.39, 0.29) is 11.3 Å². The first-order chi connectivity index (χ1) is 15.9. The predicted molar refractivity (Wildman–Crippen MR) is 127 cm³/mol. The highest BCUT2D eigenvalue weighted by Gasteiger charge is 2.48. The number of aliphatic hydroxyl groups is 1. The molecule has 168 valence electrons. The van der Waals surface area contributed by atoms with E-state index in [1.54, 1.807) is 36.4 Å². The summed E-state index contributed by atoms with van der Waals surface area (Å²) >= 11 is 0. The molecular weight excluding hydrogens is 418 g/mol. The number of ether oxygens (including phenoxy) is 2. The summed E-state index contributed by atoms with van der Waals surface area (Å²) in [6.45, 7) is 3.86. The molecule has 0 bridgehead atoms. The van der Waals surface area contributed by atoms with E-state index in [2.05, 4.69) is 0 Å². The number of Topliss-reactive ketones (excluding diaryl/α,β-unsaturated/α-hetero) is 1. The molecule has 0 radical (unpaired) electrons. The van der Waals surface area contributed by atoms with Gasteiger partial charge in [0.15, 0.2) is 0 Å². The molecule has 3 aromatic carbocycles. The number of benzene rings is 3. The monoisotopic (exact) mass is 443 g/mol. The van der Waals surface area contributed by atoms with Crippen LogP contribution in [0.25, 0.3) is 5.76 Å². The average Bonchev–Trinajstić information content (AvgIpc) is 3.08. The Morgan fingerprint density at radius 1 is 0.848 bits per heavy atom. The first kappa shape index (κ1) is 22.1. The van der Waals surface area contributed by atoms with Crippen LogP contribution < -0.4 is 14.4 Å². The lowest BCUT2D eigenvalue weighted by atomic mass is 9.94. The van der Waals surface area contributed by atoms with Crippen molar-refractivity contribution in [2.45, 2.75) is 19.9 Å². The second-order valence-corrected chi connectivity index (χ2v) is 7.96. The molecule has 1 amide bonds. The highest BCUT2D eigenvalue weighted by atomic mass is 16.5. The highest BCUT2D eigenvalue weighted by Crippen LogP contribution is 2.45. The maximum Gasteiger partial charge on any atom is 0.300 e. The van der Waals surface area contributed by atoms with Crippen LogP contribution >= 0.6 is 0 Å². The van der Waals surface area contributed by atoms with E-state index >= 15 is 0 Å². The number of carbonyl (C=O) groups is 2. The lowest BCUT2D eigenvalue weighted by molar-refractivity contribution is -0.132. The van der Waals surface area contributed by atoms with Crippen molar-refractivity contribution in [1.82, 2.24) is 0 Å². The number of aryl methyl sites for hydroxylation is 2. The van der Waals surface area contributed by atoms with Crippen molar-refractivity contribution in [2.75, 3.05) is 19.1 Å². The molecule has 1 N–H and O–H groups in total. The molecule has 0 aromatic heterocycles. The van der Waals surface area contributed by atoms with Gasteiger partial charge in [-0.3, -0.25) is 14.5 Å². The van der Waals surface area contributed by atoms with Crippen molar-refractivity contribution in [3.63, 3.8) is 0 Å². The van der Waals surface area contributed by atoms with Crippen molar-refractivity contribution in [3.8, 4) is 11.5 Å². The number of anilines is 1. The SMILES string of the molecule is COc1ccccc1/C(O)=C1\C(=O)C(=O)N(c2cc(C)cc(C)c2)C1c1ccccc1OC. The topological polar surface area (TPSA) is 76.1 Å². The zero-order valence-corrected chi connectivity index (χ0v) is 19.0. The Balaban J connectivity index is 2.03. The number of rotatable bonds is 5. The van der Waals surface area contributed by atoms with Gasteiger partial charge in [-0.05, 0) is 55.3 Å². The first-order valence-electron chi connectivity index (χ1n) is 10.5. The Bertz CT molecular complexity index is 1260. The number of amides is 1. The van der Waals surface area contributed by atoms with Gasteiger partial charge in [0.2, 0.25) is 0 Å². The molecule has 1 saturated heterocycles. The molecule has 1 unspecified atom stereocenters. The second kappa shape index (κ2) is 8.82. The lowest BCUT2D eigenvalue weighted by Gasteiger charge is -2.27.